The molecule has 304 valence electrons. The number of hydrogen-bond acceptors (Lipinski definition) is 6. The van der Waals surface area contributed by atoms with Gasteiger partial charge in [-0.25, -0.2) is 4.79 Å². The summed E-state index contributed by atoms with van der Waals surface area (Å²) in [5.41, 5.74) is 9.31. The van der Waals surface area contributed by atoms with Gasteiger partial charge in [-0.15, -0.1) is 0 Å². The minimum absolute atomic E-state index is 0.0777. The monoisotopic (exact) mass is 825 g/mol. The SMILES string of the molecule is Cc1cc(OCCCc2c3n(c4c(-c5c(C)nn(C)c5C)c(Cl)ccc24)C(C)CN(c2cc(N(C)C(=O)CN(C)C)cc4c(C(=O)O)cn(C)c24)C3=O)cc(C)c1Cl. The molecule has 1 aliphatic rings. The van der Waals surface area contributed by atoms with E-state index in [4.69, 9.17) is 33.0 Å². The Bertz CT molecular complexity index is 2650. The first kappa shape index (κ1) is 40.9. The average molecular weight is 827 g/mol. The number of benzene rings is 3. The van der Waals surface area contributed by atoms with Gasteiger partial charge >= 0.3 is 5.97 Å². The third-order valence-corrected chi connectivity index (χ3v) is 12.2. The van der Waals surface area contributed by atoms with Crippen LogP contribution < -0.4 is 14.5 Å². The normalized spacial score (nSPS) is 14.3. The van der Waals surface area contributed by atoms with Crippen LogP contribution in [-0.2, 0) is 25.3 Å². The second kappa shape index (κ2) is 15.5. The summed E-state index contributed by atoms with van der Waals surface area (Å²) < 4.78 is 12.0. The minimum atomic E-state index is -1.10. The molecule has 0 saturated heterocycles. The third kappa shape index (κ3) is 6.90. The molecule has 4 heterocycles. The standard InChI is InChI=1S/C44H49Cl2N7O5/c1-23-16-29(17-24(2)39(23)46)58-15-11-12-30-31-13-14-34(45)38(37-26(4)47-51(10)27(37)5)41(31)53-25(3)20-52(43(55)42(30)53)35-19-28(50(9)36(54)22-48(6)7)18-32-33(44(56)57)21-49(8)40(32)35/h13-14,16-19,21,25H,11-12,15,20,22H2,1-10H3,(H,56,57). The minimum Gasteiger partial charge on any atom is -0.494 e. The number of carboxylic acid groups (broad SMARTS) is 1. The number of aryl methyl sites for hydroxylation is 6. The summed E-state index contributed by atoms with van der Waals surface area (Å²) in [6.07, 6.45) is 2.68. The zero-order valence-electron chi connectivity index (χ0n) is 34.6. The fourth-order valence-electron chi connectivity index (χ4n) is 8.54. The molecule has 12 nitrogen and oxygen atoms in total. The van der Waals surface area contributed by atoms with Crippen molar-refractivity contribution in [2.45, 2.75) is 53.5 Å². The maximum atomic E-state index is 15.4. The summed E-state index contributed by atoms with van der Waals surface area (Å²) in [6, 6.07) is 11.0. The molecule has 0 spiro atoms. The van der Waals surface area contributed by atoms with E-state index in [9.17, 15) is 14.7 Å². The van der Waals surface area contributed by atoms with E-state index >= 15 is 4.79 Å². The molecule has 0 aliphatic carbocycles. The number of carboxylic acids is 1. The Labute approximate surface area is 348 Å². The number of carbonyl (C=O) groups is 3. The third-order valence-electron chi connectivity index (χ3n) is 11.3. The van der Waals surface area contributed by atoms with Crippen LogP contribution in [0.3, 0.4) is 0 Å². The molecule has 0 saturated carbocycles. The fourth-order valence-corrected chi connectivity index (χ4v) is 8.89. The van der Waals surface area contributed by atoms with Crippen molar-refractivity contribution < 1.29 is 24.2 Å². The molecule has 1 aliphatic heterocycles. The summed E-state index contributed by atoms with van der Waals surface area (Å²) >= 11 is 13.6. The highest BCUT2D eigenvalue weighted by atomic mass is 35.5. The molecule has 2 amide bonds. The molecule has 1 unspecified atom stereocenters. The summed E-state index contributed by atoms with van der Waals surface area (Å²) in [5.74, 6) is -0.791. The van der Waals surface area contributed by atoms with Crippen molar-refractivity contribution in [3.8, 4) is 16.9 Å². The van der Waals surface area contributed by atoms with Crippen LogP contribution in [-0.4, -0.2) is 87.5 Å². The van der Waals surface area contributed by atoms with E-state index in [1.165, 1.54) is 4.90 Å². The summed E-state index contributed by atoms with van der Waals surface area (Å²) in [5, 5.41) is 17.6. The molecular formula is C44H49Cl2N7O5. The van der Waals surface area contributed by atoms with Crippen molar-refractivity contribution in [3.05, 3.63) is 92.0 Å². The largest absolute Gasteiger partial charge is 0.494 e. The first-order valence-electron chi connectivity index (χ1n) is 19.3. The Kier molecular flexibility index (Phi) is 10.9. The van der Waals surface area contributed by atoms with Crippen LogP contribution in [0.5, 0.6) is 5.75 Å². The Balaban J connectivity index is 1.41. The number of fused-ring (bicyclic) bond motifs is 4. The number of carbonyl (C=O) groups excluding carboxylic acids is 2. The van der Waals surface area contributed by atoms with Gasteiger partial charge in [-0.2, -0.15) is 5.10 Å². The lowest BCUT2D eigenvalue weighted by Gasteiger charge is -2.35. The molecular weight excluding hydrogens is 777 g/mol. The summed E-state index contributed by atoms with van der Waals surface area (Å²) in [6.45, 7) is 10.8. The Morgan fingerprint density at radius 1 is 0.966 bits per heavy atom. The molecule has 58 heavy (non-hydrogen) atoms. The van der Waals surface area contributed by atoms with Crippen molar-refractivity contribution in [1.82, 2.24) is 23.8 Å². The van der Waals surface area contributed by atoms with Crippen molar-refractivity contribution >= 4 is 74.2 Å². The number of likely N-dealkylation sites (N-methyl/N-ethyl adjacent to an activating group) is 2. The molecule has 3 aromatic heterocycles. The summed E-state index contributed by atoms with van der Waals surface area (Å²) in [7, 11) is 8.97. The second-order valence-electron chi connectivity index (χ2n) is 15.8. The van der Waals surface area contributed by atoms with Gasteiger partial charge < -0.3 is 33.7 Å². The smallest absolute Gasteiger partial charge is 0.337 e. The van der Waals surface area contributed by atoms with Crippen molar-refractivity contribution in [3.63, 3.8) is 0 Å². The lowest BCUT2D eigenvalue weighted by atomic mass is 9.98. The Hall–Kier alpha value is -5.30. The van der Waals surface area contributed by atoms with Gasteiger partial charge in [0, 0.05) is 78.2 Å². The maximum Gasteiger partial charge on any atom is 0.337 e. The molecule has 1 N–H and O–H groups in total. The van der Waals surface area contributed by atoms with Gasteiger partial charge in [-0.1, -0.05) is 29.3 Å². The molecule has 0 fully saturated rings. The molecule has 7 rings (SSSR count). The molecule has 14 heteroatoms. The highest BCUT2D eigenvalue weighted by molar-refractivity contribution is 6.35. The summed E-state index contributed by atoms with van der Waals surface area (Å²) in [4.78, 5) is 46.4. The van der Waals surface area contributed by atoms with E-state index in [2.05, 4.69) is 11.5 Å². The first-order valence-corrected chi connectivity index (χ1v) is 20.0. The van der Waals surface area contributed by atoms with Crippen LogP contribution >= 0.6 is 23.2 Å². The van der Waals surface area contributed by atoms with Gasteiger partial charge in [0.15, 0.2) is 0 Å². The molecule has 1 atom stereocenters. The van der Waals surface area contributed by atoms with Gasteiger partial charge in [-0.05, 0) is 109 Å². The maximum absolute atomic E-state index is 15.4. The van der Waals surface area contributed by atoms with Crippen LogP contribution in [0.1, 0.15) is 68.3 Å². The van der Waals surface area contributed by atoms with E-state index in [-0.39, 0.29) is 36.5 Å². The van der Waals surface area contributed by atoms with Crippen LogP contribution in [0.2, 0.25) is 10.0 Å². The predicted octanol–water partition coefficient (Wildman–Crippen LogP) is 8.53. The number of halogens is 2. The molecule has 6 aromatic rings. The van der Waals surface area contributed by atoms with E-state index in [1.807, 2.05) is 83.9 Å². The first-order chi connectivity index (χ1) is 27.4. The van der Waals surface area contributed by atoms with Gasteiger partial charge in [-0.3, -0.25) is 14.3 Å². The topological polar surface area (TPSA) is 118 Å². The van der Waals surface area contributed by atoms with E-state index in [0.717, 1.165) is 55.9 Å². The fraction of sp³-hybridized carbons (Fsp3) is 0.364. The average Bonchev–Trinajstić information content (AvgIpc) is 3.77. The second-order valence-corrected chi connectivity index (χ2v) is 16.6. The van der Waals surface area contributed by atoms with Crippen molar-refractivity contribution in [2.24, 2.45) is 14.1 Å². The van der Waals surface area contributed by atoms with E-state index in [0.29, 0.717) is 57.5 Å². The zero-order valence-corrected chi connectivity index (χ0v) is 36.1. The number of ether oxygens (including phenoxy) is 1. The van der Waals surface area contributed by atoms with Crippen molar-refractivity contribution in [2.75, 3.05) is 50.6 Å². The lowest BCUT2D eigenvalue weighted by Crippen LogP contribution is -2.43. The predicted molar refractivity (Wildman–Crippen MR) is 232 cm³/mol. The van der Waals surface area contributed by atoms with Gasteiger partial charge in [0.2, 0.25) is 5.91 Å². The quantitative estimate of drug-likeness (QED) is 0.130. The Morgan fingerprint density at radius 3 is 2.28 bits per heavy atom. The molecule has 0 radical (unpaired) electrons. The molecule has 0 bridgehead atoms. The number of aromatic nitrogens is 4. The van der Waals surface area contributed by atoms with Crippen LogP contribution in [0, 0.1) is 27.7 Å². The zero-order chi connectivity index (χ0) is 42.1. The number of aromatic carboxylic acids is 1. The van der Waals surface area contributed by atoms with E-state index in [1.54, 1.807) is 40.7 Å². The van der Waals surface area contributed by atoms with Crippen molar-refractivity contribution in [1.29, 1.82) is 0 Å². The van der Waals surface area contributed by atoms with E-state index < -0.39 is 5.97 Å². The number of amides is 2. The number of hydrogen-bond donors (Lipinski definition) is 1. The van der Waals surface area contributed by atoms with Crippen LogP contribution in [0.4, 0.5) is 11.4 Å². The van der Waals surface area contributed by atoms with Gasteiger partial charge in [0.1, 0.15) is 11.4 Å². The van der Waals surface area contributed by atoms with Crippen LogP contribution in [0.25, 0.3) is 32.9 Å². The number of anilines is 2. The van der Waals surface area contributed by atoms with Gasteiger partial charge in [0.25, 0.3) is 5.91 Å². The van der Waals surface area contributed by atoms with Crippen LogP contribution in [0.15, 0.2) is 42.6 Å². The lowest BCUT2D eigenvalue weighted by molar-refractivity contribution is -0.118. The number of nitrogens with zero attached hydrogens (tertiary/aromatic N) is 7. The molecule has 3 aromatic carbocycles. The highest BCUT2D eigenvalue weighted by Gasteiger charge is 2.38. The van der Waals surface area contributed by atoms with Gasteiger partial charge in [0.05, 0.1) is 46.2 Å². The highest BCUT2D eigenvalue weighted by Crippen LogP contribution is 2.46. The number of rotatable bonds is 11. The Morgan fingerprint density at radius 2 is 1.66 bits per heavy atom.